The largest absolute Gasteiger partial charge is 0.507 e. The Morgan fingerprint density at radius 1 is 1.00 bits per heavy atom. The van der Waals surface area contributed by atoms with Crippen molar-refractivity contribution in [1.29, 1.82) is 0 Å². The van der Waals surface area contributed by atoms with Gasteiger partial charge < -0.3 is 5.11 Å². The van der Waals surface area contributed by atoms with Crippen molar-refractivity contribution in [3.63, 3.8) is 0 Å². The van der Waals surface area contributed by atoms with Gasteiger partial charge in [-0.3, -0.25) is 19.7 Å². The first-order valence-electron chi connectivity index (χ1n) is 7.38. The molecule has 2 N–H and O–H groups in total. The highest BCUT2D eigenvalue weighted by molar-refractivity contribution is 8.18. The second-order valence-electron chi connectivity index (χ2n) is 5.23. The lowest BCUT2D eigenvalue weighted by Crippen LogP contribution is -2.17. The fourth-order valence-electron chi connectivity index (χ4n) is 2.22. The van der Waals surface area contributed by atoms with Crippen LogP contribution in [-0.2, 0) is 4.79 Å². The first kappa shape index (κ1) is 16.7. The highest BCUT2D eigenvalue weighted by Gasteiger charge is 2.24. The topological polar surface area (TPSA) is 83.5 Å². The molecule has 0 aliphatic carbocycles. The first-order valence-corrected chi connectivity index (χ1v) is 8.20. The van der Waals surface area contributed by atoms with E-state index in [0.29, 0.717) is 4.91 Å². The molecule has 1 aliphatic rings. The van der Waals surface area contributed by atoms with Gasteiger partial charge in [-0.05, 0) is 47.2 Å². The van der Waals surface area contributed by atoms with E-state index < -0.39 is 5.91 Å². The number of aromatic hydroxyl groups is 1. The Labute approximate surface area is 148 Å². The van der Waals surface area contributed by atoms with Crippen molar-refractivity contribution >= 4 is 40.8 Å². The predicted molar refractivity (Wildman–Crippen MR) is 97.0 cm³/mol. The van der Waals surface area contributed by atoms with E-state index in [1.165, 1.54) is 12.1 Å². The molecule has 2 aromatic carbocycles. The third-order valence-corrected chi connectivity index (χ3v) is 4.28. The fraction of sp³-hybridized carbons (Fsp3) is 0. The number of carbonyl (C=O) groups is 3. The minimum absolute atomic E-state index is 0.0546. The minimum atomic E-state index is -0.396. The molecule has 124 valence electrons. The number of amides is 2. The maximum atomic E-state index is 12.1. The van der Waals surface area contributed by atoms with E-state index in [0.717, 1.165) is 22.9 Å². The molecule has 1 saturated heterocycles. The van der Waals surface area contributed by atoms with Crippen LogP contribution in [0.1, 0.15) is 21.5 Å². The summed E-state index contributed by atoms with van der Waals surface area (Å²) >= 11 is 0.865. The van der Waals surface area contributed by atoms with E-state index in [9.17, 15) is 19.5 Å². The maximum absolute atomic E-state index is 12.1. The zero-order valence-corrected chi connectivity index (χ0v) is 13.7. The van der Waals surface area contributed by atoms with Crippen LogP contribution in [0, 0.1) is 0 Å². The average Bonchev–Trinajstić information content (AvgIpc) is 2.91. The van der Waals surface area contributed by atoms with Gasteiger partial charge in [-0.25, -0.2) is 0 Å². The summed E-state index contributed by atoms with van der Waals surface area (Å²) in [5.41, 5.74) is 1.82. The number of phenols is 1. The van der Waals surface area contributed by atoms with E-state index in [1.807, 2.05) is 0 Å². The van der Waals surface area contributed by atoms with Crippen LogP contribution >= 0.6 is 11.8 Å². The summed E-state index contributed by atoms with van der Waals surface area (Å²) in [7, 11) is 0. The molecule has 0 bridgehead atoms. The molecular weight excluding hydrogens is 338 g/mol. The number of rotatable bonds is 4. The summed E-state index contributed by atoms with van der Waals surface area (Å²) in [6.07, 6.45) is 4.67. The van der Waals surface area contributed by atoms with Crippen molar-refractivity contribution in [2.24, 2.45) is 0 Å². The highest BCUT2D eigenvalue weighted by Crippen LogP contribution is 2.25. The van der Waals surface area contributed by atoms with Gasteiger partial charge in [0.15, 0.2) is 5.78 Å². The molecule has 1 heterocycles. The summed E-state index contributed by atoms with van der Waals surface area (Å²) in [6.45, 7) is 0. The van der Waals surface area contributed by atoms with Gasteiger partial charge >= 0.3 is 0 Å². The fourth-order valence-corrected chi connectivity index (χ4v) is 2.90. The molecule has 5 nitrogen and oxygen atoms in total. The average molecular weight is 351 g/mol. The van der Waals surface area contributed by atoms with Crippen molar-refractivity contribution in [2.75, 3.05) is 0 Å². The molecule has 0 aromatic heterocycles. The van der Waals surface area contributed by atoms with Crippen molar-refractivity contribution in [2.45, 2.75) is 0 Å². The van der Waals surface area contributed by atoms with Gasteiger partial charge in [-0.1, -0.05) is 42.5 Å². The first-order chi connectivity index (χ1) is 12.0. The number of carbonyl (C=O) groups excluding carboxylic acids is 3. The maximum Gasteiger partial charge on any atom is 0.290 e. The van der Waals surface area contributed by atoms with Crippen molar-refractivity contribution in [1.82, 2.24) is 5.32 Å². The Morgan fingerprint density at radius 3 is 2.32 bits per heavy atom. The molecule has 2 amide bonds. The van der Waals surface area contributed by atoms with Crippen LogP contribution in [0.4, 0.5) is 4.79 Å². The summed E-state index contributed by atoms with van der Waals surface area (Å²) in [5.74, 6) is -0.741. The smallest absolute Gasteiger partial charge is 0.290 e. The van der Waals surface area contributed by atoms with Crippen LogP contribution in [0.3, 0.4) is 0 Å². The number of hydrogen-bond acceptors (Lipinski definition) is 5. The second kappa shape index (κ2) is 7.19. The molecule has 0 spiro atoms. The number of ketones is 1. The van der Waals surface area contributed by atoms with E-state index in [2.05, 4.69) is 5.32 Å². The molecule has 25 heavy (non-hydrogen) atoms. The Bertz CT molecular complexity index is 913. The molecule has 6 heteroatoms. The highest BCUT2D eigenvalue weighted by atomic mass is 32.2. The van der Waals surface area contributed by atoms with Crippen molar-refractivity contribution < 1.29 is 19.5 Å². The van der Waals surface area contributed by atoms with Crippen LogP contribution in [0.2, 0.25) is 0 Å². The monoisotopic (exact) mass is 351 g/mol. The van der Waals surface area contributed by atoms with Crippen LogP contribution in [-0.4, -0.2) is 22.0 Å². The van der Waals surface area contributed by atoms with Gasteiger partial charge in [-0.2, -0.15) is 0 Å². The lowest BCUT2D eigenvalue weighted by atomic mass is 10.1. The Hall–Kier alpha value is -3.12. The van der Waals surface area contributed by atoms with E-state index in [-0.39, 0.29) is 22.3 Å². The number of hydrogen-bond donors (Lipinski definition) is 2. The van der Waals surface area contributed by atoms with E-state index in [4.69, 9.17) is 0 Å². The van der Waals surface area contributed by atoms with Gasteiger partial charge in [0.2, 0.25) is 0 Å². The Balaban J connectivity index is 1.72. The molecule has 0 radical (unpaired) electrons. The molecule has 2 aromatic rings. The standard InChI is InChI=1S/C19H13NO4S/c21-15-4-2-1-3-14(15)16(22)10-9-12-5-7-13(8-6-12)11-17-18(23)20-19(24)25-17/h1-11,21H,(H,20,23,24)/b10-9+,17-11-. The van der Waals surface area contributed by atoms with Crippen LogP contribution in [0.15, 0.2) is 59.5 Å². The number of nitrogens with one attached hydrogen (secondary N) is 1. The quantitative estimate of drug-likeness (QED) is 0.649. The number of benzene rings is 2. The van der Waals surface area contributed by atoms with Crippen LogP contribution in [0.5, 0.6) is 5.75 Å². The zero-order valence-electron chi connectivity index (χ0n) is 12.9. The molecule has 0 saturated carbocycles. The summed E-state index contributed by atoms with van der Waals surface area (Å²) in [5, 5.41) is 11.5. The number of para-hydroxylation sites is 1. The molecule has 0 unspecified atom stereocenters. The third kappa shape index (κ3) is 4.05. The van der Waals surface area contributed by atoms with Gasteiger partial charge in [-0.15, -0.1) is 0 Å². The molecule has 1 aliphatic heterocycles. The number of phenolic OH excluding ortho intramolecular Hbond substituents is 1. The Kier molecular flexibility index (Phi) is 4.81. The van der Waals surface area contributed by atoms with Gasteiger partial charge in [0, 0.05) is 0 Å². The van der Waals surface area contributed by atoms with E-state index in [1.54, 1.807) is 54.6 Å². The lowest BCUT2D eigenvalue weighted by molar-refractivity contribution is -0.115. The van der Waals surface area contributed by atoms with Gasteiger partial charge in [0.25, 0.3) is 11.1 Å². The summed E-state index contributed by atoms with van der Waals surface area (Å²) < 4.78 is 0. The van der Waals surface area contributed by atoms with Crippen molar-refractivity contribution in [3.05, 3.63) is 76.2 Å². The van der Waals surface area contributed by atoms with Crippen LogP contribution in [0.25, 0.3) is 12.2 Å². The molecule has 0 atom stereocenters. The molecule has 1 fully saturated rings. The SMILES string of the molecule is O=C1NC(=O)/C(=C/c2ccc(/C=C/C(=O)c3ccccc3O)cc2)S1. The number of thioether (sulfide) groups is 1. The summed E-state index contributed by atoms with van der Waals surface area (Å²) in [6, 6.07) is 13.5. The number of imide groups is 1. The van der Waals surface area contributed by atoms with Gasteiger partial charge in [0.05, 0.1) is 10.5 Å². The zero-order chi connectivity index (χ0) is 17.8. The summed E-state index contributed by atoms with van der Waals surface area (Å²) in [4.78, 5) is 35.1. The van der Waals surface area contributed by atoms with Crippen LogP contribution < -0.4 is 5.32 Å². The normalized spacial score (nSPS) is 15.8. The van der Waals surface area contributed by atoms with Gasteiger partial charge in [0.1, 0.15) is 5.75 Å². The third-order valence-electron chi connectivity index (χ3n) is 3.47. The van der Waals surface area contributed by atoms with E-state index >= 15 is 0 Å². The predicted octanol–water partition coefficient (Wildman–Crippen LogP) is 3.61. The number of allylic oxidation sites excluding steroid dienone is 1. The minimum Gasteiger partial charge on any atom is -0.507 e. The lowest BCUT2D eigenvalue weighted by Gasteiger charge is -2.00. The Morgan fingerprint density at radius 2 is 1.68 bits per heavy atom. The molecule has 3 rings (SSSR count). The molecular formula is C19H13NO4S. The van der Waals surface area contributed by atoms with Crippen molar-refractivity contribution in [3.8, 4) is 5.75 Å². The second-order valence-corrected chi connectivity index (χ2v) is 6.25.